The fourth-order valence-corrected chi connectivity index (χ4v) is 3.96. The largest absolute Gasteiger partial charge is 0.340 e. The van der Waals surface area contributed by atoms with Crippen LogP contribution in [0.3, 0.4) is 0 Å². The number of benzene rings is 1. The third-order valence-corrected chi connectivity index (χ3v) is 6.20. The van der Waals surface area contributed by atoms with Crippen LogP contribution < -0.4 is 0 Å². The Morgan fingerprint density at radius 2 is 1.77 bits per heavy atom. The number of carbonyl (C=O) groups excluding carboxylic acids is 4. The van der Waals surface area contributed by atoms with Gasteiger partial charge >= 0.3 is 0 Å². The smallest absolute Gasteiger partial charge is 0.246 e. The van der Waals surface area contributed by atoms with E-state index in [1.54, 1.807) is 39.0 Å². The zero-order chi connectivity index (χ0) is 22.4. The zero-order valence-electron chi connectivity index (χ0n) is 17.2. The Morgan fingerprint density at radius 1 is 0.968 bits per heavy atom. The molecule has 0 bridgehead atoms. The molecule has 0 saturated carbocycles. The molecule has 2 saturated heterocycles. The van der Waals surface area contributed by atoms with Gasteiger partial charge in [0.25, 0.3) is 0 Å². The van der Waals surface area contributed by atoms with E-state index in [4.69, 9.17) is 23.2 Å². The lowest BCUT2D eigenvalue weighted by molar-refractivity contribution is -0.138. The molecule has 3 rings (SSSR count). The van der Waals surface area contributed by atoms with Crippen molar-refractivity contribution in [2.45, 2.75) is 25.7 Å². The molecule has 166 valence electrons. The summed E-state index contributed by atoms with van der Waals surface area (Å²) in [5.41, 5.74) is 0.755. The summed E-state index contributed by atoms with van der Waals surface area (Å²) in [5, 5.41) is 0.859. The summed E-state index contributed by atoms with van der Waals surface area (Å²) in [6.45, 7) is 2.15. The third kappa shape index (κ3) is 6.55. The number of amides is 3. The summed E-state index contributed by atoms with van der Waals surface area (Å²) in [6, 6.07) is 5.10. The van der Waals surface area contributed by atoms with Crippen LogP contribution in [0.15, 0.2) is 24.3 Å². The highest BCUT2D eigenvalue weighted by Gasteiger charge is 2.25. The molecule has 0 spiro atoms. The molecule has 1 aromatic rings. The quantitative estimate of drug-likeness (QED) is 0.626. The molecule has 2 aliphatic heterocycles. The molecule has 7 nitrogen and oxygen atoms in total. The molecule has 0 aliphatic carbocycles. The standard InChI is InChI=1S/C22H25Cl2N3O4/c23-18-5-3-16(14-19(18)24)4-6-20(29)25-10-7-21(30)26(13-12-25)11-8-22(31)27-9-1-2-17(28)15-27/h3-6,14H,1-2,7-13,15H2. The van der Waals surface area contributed by atoms with Crippen LogP contribution in [0.25, 0.3) is 6.08 Å². The summed E-state index contributed by atoms with van der Waals surface area (Å²) in [7, 11) is 0. The van der Waals surface area contributed by atoms with Crippen molar-refractivity contribution in [3.63, 3.8) is 0 Å². The maximum absolute atomic E-state index is 12.6. The molecule has 3 amide bonds. The summed E-state index contributed by atoms with van der Waals surface area (Å²) in [5.74, 6) is -0.300. The van der Waals surface area contributed by atoms with E-state index < -0.39 is 0 Å². The maximum Gasteiger partial charge on any atom is 0.246 e. The zero-order valence-corrected chi connectivity index (χ0v) is 18.7. The summed E-state index contributed by atoms with van der Waals surface area (Å²) < 4.78 is 0. The summed E-state index contributed by atoms with van der Waals surface area (Å²) in [4.78, 5) is 53.7. The van der Waals surface area contributed by atoms with Gasteiger partial charge in [0, 0.05) is 58.1 Å². The fourth-order valence-electron chi connectivity index (χ4n) is 3.65. The lowest BCUT2D eigenvalue weighted by atomic mass is 10.1. The second-order valence-electron chi connectivity index (χ2n) is 7.67. The molecule has 0 radical (unpaired) electrons. The van der Waals surface area contributed by atoms with Gasteiger partial charge in [0.15, 0.2) is 5.78 Å². The second kappa shape index (κ2) is 10.8. The van der Waals surface area contributed by atoms with E-state index in [1.165, 1.54) is 6.08 Å². The molecular weight excluding hydrogens is 441 g/mol. The van der Waals surface area contributed by atoms with Gasteiger partial charge in [-0.15, -0.1) is 0 Å². The lowest BCUT2D eigenvalue weighted by Crippen LogP contribution is -2.42. The van der Waals surface area contributed by atoms with E-state index in [9.17, 15) is 19.2 Å². The highest BCUT2D eigenvalue weighted by atomic mass is 35.5. The number of carbonyl (C=O) groups is 4. The molecule has 0 atom stereocenters. The Balaban J connectivity index is 1.50. The van der Waals surface area contributed by atoms with E-state index >= 15 is 0 Å². The van der Waals surface area contributed by atoms with Gasteiger partial charge in [-0.2, -0.15) is 0 Å². The van der Waals surface area contributed by atoms with Gasteiger partial charge in [0.1, 0.15) is 0 Å². The van der Waals surface area contributed by atoms with E-state index in [-0.39, 0.29) is 42.9 Å². The first-order valence-corrected chi connectivity index (χ1v) is 11.1. The minimum Gasteiger partial charge on any atom is -0.340 e. The van der Waals surface area contributed by atoms with E-state index in [2.05, 4.69) is 0 Å². The fraction of sp³-hybridized carbons (Fsp3) is 0.455. The SMILES string of the molecule is O=C1CCCN(C(=O)CCN2CCN(C(=O)C=Cc3ccc(Cl)c(Cl)c3)CCC2=O)C1. The average molecular weight is 466 g/mol. The van der Waals surface area contributed by atoms with Gasteiger partial charge in [0.2, 0.25) is 17.7 Å². The molecule has 2 fully saturated rings. The summed E-state index contributed by atoms with van der Waals surface area (Å²) in [6.07, 6.45) is 4.73. The van der Waals surface area contributed by atoms with Crippen molar-refractivity contribution in [2.75, 3.05) is 39.3 Å². The van der Waals surface area contributed by atoms with E-state index in [0.29, 0.717) is 55.6 Å². The van der Waals surface area contributed by atoms with E-state index in [1.807, 2.05) is 0 Å². The Hall–Kier alpha value is -2.38. The van der Waals surface area contributed by atoms with Crippen molar-refractivity contribution in [1.82, 2.24) is 14.7 Å². The van der Waals surface area contributed by atoms with Crippen molar-refractivity contribution >= 4 is 52.8 Å². The predicted octanol–water partition coefficient (Wildman–Crippen LogP) is 2.65. The second-order valence-corrected chi connectivity index (χ2v) is 8.48. The summed E-state index contributed by atoms with van der Waals surface area (Å²) >= 11 is 11.9. The highest BCUT2D eigenvalue weighted by Crippen LogP contribution is 2.23. The minimum absolute atomic E-state index is 0.0773. The number of Topliss-reactive ketones (excluding diaryl/α,β-unsaturated/α-hetero) is 1. The Kier molecular flexibility index (Phi) is 8.09. The maximum atomic E-state index is 12.6. The van der Waals surface area contributed by atoms with Crippen LogP contribution in [-0.4, -0.2) is 77.5 Å². The average Bonchev–Trinajstić information content (AvgIpc) is 2.94. The lowest BCUT2D eigenvalue weighted by Gasteiger charge is -2.27. The van der Waals surface area contributed by atoms with Gasteiger partial charge in [-0.1, -0.05) is 29.3 Å². The van der Waals surface area contributed by atoms with Crippen LogP contribution in [0.2, 0.25) is 10.0 Å². The van der Waals surface area contributed by atoms with Crippen molar-refractivity contribution in [3.8, 4) is 0 Å². The minimum atomic E-state index is -0.191. The molecule has 2 heterocycles. The van der Waals surface area contributed by atoms with Crippen molar-refractivity contribution in [3.05, 3.63) is 39.9 Å². The number of piperidine rings is 1. The molecule has 31 heavy (non-hydrogen) atoms. The Labute approximate surface area is 191 Å². The monoisotopic (exact) mass is 465 g/mol. The number of rotatable bonds is 5. The Morgan fingerprint density at radius 3 is 2.52 bits per heavy atom. The van der Waals surface area contributed by atoms with Gasteiger partial charge in [0.05, 0.1) is 16.6 Å². The van der Waals surface area contributed by atoms with Gasteiger partial charge in [-0.05, 0) is 30.2 Å². The number of halogens is 2. The molecule has 0 N–H and O–H groups in total. The van der Waals surface area contributed by atoms with Crippen molar-refractivity contribution in [1.29, 1.82) is 0 Å². The van der Waals surface area contributed by atoms with Crippen LogP contribution in [0.1, 0.15) is 31.2 Å². The number of ketones is 1. The van der Waals surface area contributed by atoms with Gasteiger partial charge < -0.3 is 14.7 Å². The normalized spacial score (nSPS) is 17.9. The van der Waals surface area contributed by atoms with Crippen LogP contribution in [0.5, 0.6) is 0 Å². The number of likely N-dealkylation sites (tertiary alicyclic amines) is 1. The van der Waals surface area contributed by atoms with Crippen LogP contribution in [0, 0.1) is 0 Å². The molecular formula is C22H25Cl2N3O4. The van der Waals surface area contributed by atoms with Crippen LogP contribution in [0.4, 0.5) is 0 Å². The molecule has 2 aliphatic rings. The van der Waals surface area contributed by atoms with Crippen molar-refractivity contribution < 1.29 is 19.2 Å². The third-order valence-electron chi connectivity index (χ3n) is 5.46. The first kappa shape index (κ1) is 23.3. The first-order chi connectivity index (χ1) is 14.8. The number of hydrogen-bond acceptors (Lipinski definition) is 4. The van der Waals surface area contributed by atoms with Crippen LogP contribution in [-0.2, 0) is 19.2 Å². The molecule has 9 heteroatoms. The van der Waals surface area contributed by atoms with E-state index in [0.717, 1.165) is 5.56 Å². The highest BCUT2D eigenvalue weighted by molar-refractivity contribution is 6.42. The van der Waals surface area contributed by atoms with Crippen LogP contribution >= 0.6 is 23.2 Å². The van der Waals surface area contributed by atoms with Gasteiger partial charge in [-0.25, -0.2) is 0 Å². The molecule has 1 aromatic carbocycles. The Bertz CT molecular complexity index is 903. The van der Waals surface area contributed by atoms with Crippen molar-refractivity contribution in [2.24, 2.45) is 0 Å². The topological polar surface area (TPSA) is 78.0 Å². The predicted molar refractivity (Wildman–Crippen MR) is 119 cm³/mol. The molecule has 0 unspecified atom stereocenters. The number of hydrogen-bond donors (Lipinski definition) is 0. The number of nitrogens with zero attached hydrogens (tertiary/aromatic N) is 3. The first-order valence-electron chi connectivity index (χ1n) is 10.3. The van der Waals surface area contributed by atoms with Gasteiger partial charge in [-0.3, -0.25) is 19.2 Å². The molecule has 0 aromatic heterocycles.